The standard InChI is InChI=1S/C22H28N2O7/c1-22(2,11-16-4-7-19(29-3)8-5-16)23-12-18(26)14-31-21-9-6-17(13-30-15-25)10-20(21)24(27)28/h4-10,15,18,23,26H,11-14H2,1-3H3. The predicted molar refractivity (Wildman–Crippen MR) is 114 cm³/mol. The number of hydrogen-bond acceptors (Lipinski definition) is 8. The summed E-state index contributed by atoms with van der Waals surface area (Å²) in [5.74, 6) is 0.830. The van der Waals surface area contributed by atoms with Crippen molar-refractivity contribution in [2.75, 3.05) is 20.3 Å². The first-order valence-corrected chi connectivity index (χ1v) is 9.75. The van der Waals surface area contributed by atoms with Crippen LogP contribution < -0.4 is 14.8 Å². The van der Waals surface area contributed by atoms with Crippen LogP contribution in [0.3, 0.4) is 0 Å². The summed E-state index contributed by atoms with van der Waals surface area (Å²) in [6, 6.07) is 12.1. The topological polar surface area (TPSA) is 120 Å². The van der Waals surface area contributed by atoms with E-state index in [0.29, 0.717) is 5.56 Å². The number of nitrogens with one attached hydrogen (secondary N) is 1. The Kier molecular flexibility index (Phi) is 8.77. The second kappa shape index (κ2) is 11.3. The number of carbonyl (C=O) groups is 1. The van der Waals surface area contributed by atoms with E-state index < -0.39 is 11.0 Å². The third-order valence-electron chi connectivity index (χ3n) is 4.59. The van der Waals surface area contributed by atoms with E-state index in [-0.39, 0.29) is 43.2 Å². The number of aliphatic hydroxyl groups is 1. The molecular weight excluding hydrogens is 404 g/mol. The molecule has 1 atom stereocenters. The number of aliphatic hydroxyl groups excluding tert-OH is 1. The van der Waals surface area contributed by atoms with Gasteiger partial charge in [0, 0.05) is 18.2 Å². The maximum Gasteiger partial charge on any atom is 0.311 e. The zero-order chi connectivity index (χ0) is 22.9. The van der Waals surface area contributed by atoms with Crippen LogP contribution in [0.25, 0.3) is 0 Å². The zero-order valence-electron chi connectivity index (χ0n) is 17.9. The van der Waals surface area contributed by atoms with Crippen LogP contribution in [0.4, 0.5) is 5.69 Å². The van der Waals surface area contributed by atoms with Crippen LogP contribution in [0.1, 0.15) is 25.0 Å². The maximum atomic E-state index is 11.3. The molecule has 0 aliphatic heterocycles. The molecule has 0 saturated heterocycles. The molecule has 9 nitrogen and oxygen atoms in total. The fourth-order valence-corrected chi connectivity index (χ4v) is 3.00. The Morgan fingerprint density at radius 1 is 1.19 bits per heavy atom. The van der Waals surface area contributed by atoms with E-state index in [1.807, 2.05) is 38.1 Å². The van der Waals surface area contributed by atoms with Crippen molar-refractivity contribution in [1.29, 1.82) is 0 Å². The predicted octanol–water partition coefficient (Wildman–Crippen LogP) is 2.63. The van der Waals surface area contributed by atoms with Gasteiger partial charge in [0.1, 0.15) is 25.1 Å². The van der Waals surface area contributed by atoms with Crippen LogP contribution in [0, 0.1) is 10.1 Å². The molecule has 168 valence electrons. The van der Waals surface area contributed by atoms with Gasteiger partial charge in [-0.05, 0) is 49.6 Å². The van der Waals surface area contributed by atoms with Crippen molar-refractivity contribution in [3.63, 3.8) is 0 Å². The first kappa shape index (κ1) is 24.1. The fourth-order valence-electron chi connectivity index (χ4n) is 3.00. The average molecular weight is 432 g/mol. The molecule has 0 amide bonds. The molecule has 0 spiro atoms. The van der Waals surface area contributed by atoms with Gasteiger partial charge < -0.3 is 24.6 Å². The van der Waals surface area contributed by atoms with Gasteiger partial charge in [0.15, 0.2) is 5.75 Å². The summed E-state index contributed by atoms with van der Waals surface area (Å²) in [7, 11) is 1.62. The molecule has 0 radical (unpaired) electrons. The molecule has 2 rings (SSSR count). The summed E-state index contributed by atoms with van der Waals surface area (Å²) in [6.07, 6.45) is -0.131. The lowest BCUT2D eigenvalue weighted by Gasteiger charge is -2.28. The second-order valence-corrected chi connectivity index (χ2v) is 7.72. The Hall–Kier alpha value is -3.17. The lowest BCUT2D eigenvalue weighted by Crippen LogP contribution is -2.46. The lowest BCUT2D eigenvalue weighted by molar-refractivity contribution is -0.386. The summed E-state index contributed by atoms with van der Waals surface area (Å²) in [4.78, 5) is 21.0. The van der Waals surface area contributed by atoms with Crippen LogP contribution >= 0.6 is 0 Å². The van der Waals surface area contributed by atoms with Crippen molar-refractivity contribution in [3.8, 4) is 11.5 Å². The van der Waals surface area contributed by atoms with E-state index in [0.717, 1.165) is 17.7 Å². The van der Waals surface area contributed by atoms with Crippen molar-refractivity contribution in [2.45, 2.75) is 38.5 Å². The van der Waals surface area contributed by atoms with Crippen LogP contribution in [-0.4, -0.2) is 48.4 Å². The molecule has 1 unspecified atom stereocenters. The number of ether oxygens (including phenoxy) is 3. The zero-order valence-corrected chi connectivity index (χ0v) is 17.9. The molecule has 2 aromatic carbocycles. The normalized spacial score (nSPS) is 12.1. The van der Waals surface area contributed by atoms with E-state index in [9.17, 15) is 20.0 Å². The molecule has 0 saturated carbocycles. The Balaban J connectivity index is 1.88. The number of hydrogen-bond donors (Lipinski definition) is 2. The number of nitrogens with zero attached hydrogens (tertiary/aromatic N) is 1. The molecule has 0 bridgehead atoms. The first-order valence-electron chi connectivity index (χ1n) is 9.75. The summed E-state index contributed by atoms with van der Waals surface area (Å²) < 4.78 is 15.2. The average Bonchev–Trinajstić information content (AvgIpc) is 2.75. The van der Waals surface area contributed by atoms with E-state index in [4.69, 9.17) is 9.47 Å². The number of nitro groups is 1. The smallest absolute Gasteiger partial charge is 0.311 e. The highest BCUT2D eigenvalue weighted by atomic mass is 16.6. The minimum absolute atomic E-state index is 0.0383. The van der Waals surface area contributed by atoms with Gasteiger partial charge in [0.05, 0.1) is 12.0 Å². The highest BCUT2D eigenvalue weighted by Crippen LogP contribution is 2.28. The van der Waals surface area contributed by atoms with Crippen LogP contribution in [0.5, 0.6) is 11.5 Å². The fraction of sp³-hybridized carbons (Fsp3) is 0.409. The van der Waals surface area contributed by atoms with Gasteiger partial charge in [-0.3, -0.25) is 14.9 Å². The monoisotopic (exact) mass is 432 g/mol. The Morgan fingerprint density at radius 3 is 2.48 bits per heavy atom. The van der Waals surface area contributed by atoms with Crippen molar-refractivity contribution in [1.82, 2.24) is 5.32 Å². The van der Waals surface area contributed by atoms with E-state index in [1.165, 1.54) is 12.1 Å². The summed E-state index contributed by atoms with van der Waals surface area (Å²) >= 11 is 0. The highest BCUT2D eigenvalue weighted by Gasteiger charge is 2.21. The minimum Gasteiger partial charge on any atom is -0.497 e. The Labute approximate surface area is 181 Å². The molecule has 2 N–H and O–H groups in total. The van der Waals surface area contributed by atoms with Crippen molar-refractivity contribution < 1.29 is 29.0 Å². The number of nitro benzene ring substituents is 1. The van der Waals surface area contributed by atoms with Gasteiger partial charge in [-0.15, -0.1) is 0 Å². The molecule has 0 heterocycles. The largest absolute Gasteiger partial charge is 0.497 e. The highest BCUT2D eigenvalue weighted by molar-refractivity contribution is 5.49. The van der Waals surface area contributed by atoms with Gasteiger partial charge in [-0.2, -0.15) is 0 Å². The van der Waals surface area contributed by atoms with Crippen LogP contribution in [0.2, 0.25) is 0 Å². The molecule has 2 aromatic rings. The third-order valence-corrected chi connectivity index (χ3v) is 4.59. The number of benzene rings is 2. The van der Waals surface area contributed by atoms with E-state index >= 15 is 0 Å². The first-order chi connectivity index (χ1) is 14.7. The molecule has 0 aliphatic carbocycles. The molecule has 0 aliphatic rings. The Bertz CT molecular complexity index is 869. The Morgan fingerprint density at radius 2 is 1.87 bits per heavy atom. The number of carbonyl (C=O) groups excluding carboxylic acids is 1. The van der Waals surface area contributed by atoms with Crippen LogP contribution in [-0.2, 0) is 22.6 Å². The summed E-state index contributed by atoms with van der Waals surface area (Å²) in [5.41, 5.74) is 1.04. The lowest BCUT2D eigenvalue weighted by atomic mass is 9.94. The van der Waals surface area contributed by atoms with Gasteiger partial charge in [-0.1, -0.05) is 18.2 Å². The van der Waals surface area contributed by atoms with E-state index in [1.54, 1.807) is 13.2 Å². The number of rotatable bonds is 13. The number of methoxy groups -OCH3 is 1. The molecular formula is C22H28N2O7. The quantitative estimate of drug-likeness (QED) is 0.282. The number of β-amino-alcohol motifs (C(OH)–C–C–N with tert-alkyl or cyclic N) is 1. The minimum atomic E-state index is -0.868. The van der Waals surface area contributed by atoms with Gasteiger partial charge in [0.25, 0.3) is 6.47 Å². The third kappa shape index (κ3) is 7.88. The SMILES string of the molecule is COc1ccc(CC(C)(C)NCC(O)COc2ccc(COC=O)cc2[N+](=O)[O-])cc1. The van der Waals surface area contributed by atoms with Gasteiger partial charge >= 0.3 is 5.69 Å². The van der Waals surface area contributed by atoms with E-state index in [2.05, 4.69) is 10.1 Å². The maximum absolute atomic E-state index is 11.3. The second-order valence-electron chi connectivity index (χ2n) is 7.72. The van der Waals surface area contributed by atoms with Crippen molar-refractivity contribution in [2.24, 2.45) is 0 Å². The van der Waals surface area contributed by atoms with Crippen LogP contribution in [0.15, 0.2) is 42.5 Å². The summed E-state index contributed by atoms with van der Waals surface area (Å²) in [6.45, 7) is 4.39. The van der Waals surface area contributed by atoms with Gasteiger partial charge in [-0.25, -0.2) is 0 Å². The van der Waals surface area contributed by atoms with Crippen molar-refractivity contribution >= 4 is 12.2 Å². The van der Waals surface area contributed by atoms with Crippen molar-refractivity contribution in [3.05, 3.63) is 63.7 Å². The van der Waals surface area contributed by atoms with Gasteiger partial charge in [0.2, 0.25) is 0 Å². The molecule has 0 aromatic heterocycles. The molecule has 0 fully saturated rings. The molecule has 9 heteroatoms. The molecule has 31 heavy (non-hydrogen) atoms. The summed E-state index contributed by atoms with van der Waals surface area (Å²) in [5, 5.41) is 24.9.